The molecule has 0 radical (unpaired) electrons. The number of ether oxygens (including phenoxy) is 1. The van der Waals surface area contributed by atoms with Gasteiger partial charge >= 0.3 is 0 Å². The van der Waals surface area contributed by atoms with Gasteiger partial charge in [-0.3, -0.25) is 0 Å². The summed E-state index contributed by atoms with van der Waals surface area (Å²) in [5.41, 5.74) is -0.0316. The molecule has 0 aliphatic carbocycles. The first-order valence-electron chi connectivity index (χ1n) is 5.48. The fourth-order valence-electron chi connectivity index (χ4n) is 1.75. The largest absolute Gasteiger partial charge is 0.396 e. The van der Waals surface area contributed by atoms with E-state index in [0.717, 1.165) is 32.7 Å². The molecular formula is C11H23NO2. The Bertz CT molecular complexity index is 165. The number of aliphatic hydroxyl groups excluding tert-OH is 1. The minimum atomic E-state index is -0.0316. The predicted octanol–water partition coefficient (Wildman–Crippen LogP) is 1.12. The second kappa shape index (κ2) is 5.10. The average molecular weight is 201 g/mol. The Morgan fingerprint density at radius 1 is 1.43 bits per heavy atom. The average Bonchev–Trinajstić information content (AvgIpc) is 2.50. The number of hydrogen-bond donors (Lipinski definition) is 1. The van der Waals surface area contributed by atoms with Gasteiger partial charge in [0.25, 0.3) is 0 Å². The minimum Gasteiger partial charge on any atom is -0.396 e. The van der Waals surface area contributed by atoms with Gasteiger partial charge in [-0.2, -0.15) is 0 Å². The van der Waals surface area contributed by atoms with Crippen molar-refractivity contribution in [3.63, 3.8) is 0 Å². The normalized spacial score (nSPS) is 24.4. The molecule has 0 aromatic heterocycles. The lowest BCUT2D eigenvalue weighted by atomic mass is 10.1. The van der Waals surface area contributed by atoms with Crippen LogP contribution in [0.25, 0.3) is 0 Å². The van der Waals surface area contributed by atoms with E-state index in [0.29, 0.717) is 12.5 Å². The molecule has 3 nitrogen and oxygen atoms in total. The predicted molar refractivity (Wildman–Crippen MR) is 57.3 cm³/mol. The van der Waals surface area contributed by atoms with Gasteiger partial charge in [0.1, 0.15) is 0 Å². The number of rotatable bonds is 4. The Morgan fingerprint density at radius 3 is 2.64 bits per heavy atom. The zero-order chi connectivity index (χ0) is 10.6. The van der Waals surface area contributed by atoms with Crippen LogP contribution in [0.4, 0.5) is 0 Å². The van der Waals surface area contributed by atoms with Gasteiger partial charge in [-0.25, -0.2) is 0 Å². The van der Waals surface area contributed by atoms with Crippen molar-refractivity contribution in [2.75, 3.05) is 32.8 Å². The maximum atomic E-state index is 8.98. The van der Waals surface area contributed by atoms with Crippen molar-refractivity contribution in [3.05, 3.63) is 0 Å². The summed E-state index contributed by atoms with van der Waals surface area (Å²) in [5.74, 6) is 0.490. The molecule has 1 atom stereocenters. The first-order chi connectivity index (χ1) is 6.51. The lowest BCUT2D eigenvalue weighted by molar-refractivity contribution is -0.0114. The summed E-state index contributed by atoms with van der Waals surface area (Å²) in [4.78, 5) is 2.37. The minimum absolute atomic E-state index is 0.0316. The Hall–Kier alpha value is -0.120. The fourth-order valence-corrected chi connectivity index (χ4v) is 1.75. The van der Waals surface area contributed by atoms with E-state index in [1.807, 2.05) is 0 Å². The van der Waals surface area contributed by atoms with Gasteiger partial charge < -0.3 is 14.7 Å². The highest BCUT2D eigenvalue weighted by molar-refractivity contribution is 4.74. The molecule has 0 aromatic carbocycles. The highest BCUT2D eigenvalue weighted by atomic mass is 16.5. The van der Waals surface area contributed by atoms with Crippen molar-refractivity contribution in [1.82, 2.24) is 4.90 Å². The smallest absolute Gasteiger partial charge is 0.0600 e. The molecule has 1 rings (SSSR count). The third kappa shape index (κ3) is 4.40. The zero-order valence-corrected chi connectivity index (χ0v) is 9.62. The van der Waals surface area contributed by atoms with Crippen molar-refractivity contribution < 1.29 is 9.84 Å². The molecule has 1 aliphatic rings. The molecule has 1 heterocycles. The summed E-state index contributed by atoms with van der Waals surface area (Å²) >= 11 is 0. The first-order valence-corrected chi connectivity index (χ1v) is 5.48. The quantitative estimate of drug-likeness (QED) is 0.739. The molecule has 1 N–H and O–H groups in total. The molecule has 0 saturated carbocycles. The van der Waals surface area contributed by atoms with Crippen molar-refractivity contribution in [1.29, 1.82) is 0 Å². The Labute approximate surface area is 87.1 Å². The summed E-state index contributed by atoms with van der Waals surface area (Å²) in [6.07, 6.45) is 1.13. The molecule has 14 heavy (non-hydrogen) atoms. The van der Waals surface area contributed by atoms with E-state index in [1.54, 1.807) is 0 Å². The second-order valence-corrected chi connectivity index (χ2v) is 5.10. The molecule has 0 aromatic rings. The standard InChI is InChI=1S/C11H23NO2/c1-11(2,3)14-7-6-12-5-4-10(8-12)9-13/h10,13H,4-9H2,1-3H3. The van der Waals surface area contributed by atoms with Crippen LogP contribution in [0.15, 0.2) is 0 Å². The summed E-state index contributed by atoms with van der Waals surface area (Å²) < 4.78 is 5.66. The number of aliphatic hydroxyl groups is 1. The van der Waals surface area contributed by atoms with Crippen LogP contribution in [0.5, 0.6) is 0 Å². The van der Waals surface area contributed by atoms with Crippen LogP contribution in [0.3, 0.4) is 0 Å². The van der Waals surface area contributed by atoms with Crippen molar-refractivity contribution in [3.8, 4) is 0 Å². The third-order valence-corrected chi connectivity index (χ3v) is 2.57. The molecule has 1 saturated heterocycles. The maximum Gasteiger partial charge on any atom is 0.0600 e. The molecule has 0 spiro atoms. The van der Waals surface area contributed by atoms with E-state index in [4.69, 9.17) is 9.84 Å². The SMILES string of the molecule is CC(C)(C)OCCN1CCC(CO)C1. The number of hydrogen-bond acceptors (Lipinski definition) is 3. The van der Waals surface area contributed by atoms with Crippen LogP contribution in [-0.4, -0.2) is 48.5 Å². The highest BCUT2D eigenvalue weighted by Crippen LogP contribution is 2.15. The summed E-state index contributed by atoms with van der Waals surface area (Å²) in [6.45, 7) is 10.5. The van der Waals surface area contributed by atoms with Gasteiger partial charge in [0.2, 0.25) is 0 Å². The number of likely N-dealkylation sites (tertiary alicyclic amines) is 1. The van der Waals surface area contributed by atoms with E-state index in [9.17, 15) is 0 Å². The van der Waals surface area contributed by atoms with E-state index in [2.05, 4.69) is 25.7 Å². The highest BCUT2D eigenvalue weighted by Gasteiger charge is 2.21. The molecule has 3 heteroatoms. The summed E-state index contributed by atoms with van der Waals surface area (Å²) in [5, 5.41) is 8.98. The maximum absolute atomic E-state index is 8.98. The summed E-state index contributed by atoms with van der Waals surface area (Å²) in [7, 11) is 0. The van der Waals surface area contributed by atoms with Crippen LogP contribution in [0, 0.1) is 5.92 Å². The molecule has 1 fully saturated rings. The van der Waals surface area contributed by atoms with Gasteiger partial charge in [0, 0.05) is 19.7 Å². The second-order valence-electron chi connectivity index (χ2n) is 5.10. The van der Waals surface area contributed by atoms with Crippen molar-refractivity contribution in [2.24, 2.45) is 5.92 Å². The van der Waals surface area contributed by atoms with Crippen molar-refractivity contribution in [2.45, 2.75) is 32.8 Å². The van der Waals surface area contributed by atoms with Crippen LogP contribution >= 0.6 is 0 Å². The Morgan fingerprint density at radius 2 is 2.14 bits per heavy atom. The molecular weight excluding hydrogens is 178 g/mol. The van der Waals surface area contributed by atoms with E-state index >= 15 is 0 Å². The zero-order valence-electron chi connectivity index (χ0n) is 9.62. The lowest BCUT2D eigenvalue weighted by Gasteiger charge is -2.22. The van der Waals surface area contributed by atoms with E-state index in [-0.39, 0.29) is 5.60 Å². The number of nitrogens with zero attached hydrogens (tertiary/aromatic N) is 1. The third-order valence-electron chi connectivity index (χ3n) is 2.57. The van der Waals surface area contributed by atoms with Crippen molar-refractivity contribution >= 4 is 0 Å². The first kappa shape index (κ1) is 12.0. The molecule has 84 valence electrons. The van der Waals surface area contributed by atoms with Gasteiger partial charge in [-0.1, -0.05) is 0 Å². The van der Waals surface area contributed by atoms with E-state index in [1.165, 1.54) is 0 Å². The Kier molecular flexibility index (Phi) is 4.35. The van der Waals surface area contributed by atoms with Crippen LogP contribution < -0.4 is 0 Å². The molecule has 0 bridgehead atoms. The van der Waals surface area contributed by atoms with Crippen LogP contribution in [-0.2, 0) is 4.74 Å². The Balaban J connectivity index is 2.09. The molecule has 1 unspecified atom stereocenters. The fraction of sp³-hybridized carbons (Fsp3) is 1.00. The summed E-state index contributed by atoms with van der Waals surface area (Å²) in [6, 6.07) is 0. The van der Waals surface area contributed by atoms with Crippen LogP contribution in [0.2, 0.25) is 0 Å². The van der Waals surface area contributed by atoms with Crippen LogP contribution in [0.1, 0.15) is 27.2 Å². The molecule has 0 amide bonds. The topological polar surface area (TPSA) is 32.7 Å². The monoisotopic (exact) mass is 201 g/mol. The molecule has 1 aliphatic heterocycles. The van der Waals surface area contributed by atoms with Gasteiger partial charge in [-0.05, 0) is 39.7 Å². The van der Waals surface area contributed by atoms with Gasteiger partial charge in [0.05, 0.1) is 12.2 Å². The lowest BCUT2D eigenvalue weighted by Crippen LogP contribution is -2.29. The van der Waals surface area contributed by atoms with E-state index < -0.39 is 0 Å². The van der Waals surface area contributed by atoms with Gasteiger partial charge in [0.15, 0.2) is 0 Å². The van der Waals surface area contributed by atoms with Gasteiger partial charge in [-0.15, -0.1) is 0 Å².